The summed E-state index contributed by atoms with van der Waals surface area (Å²) in [5, 5.41) is 14.7. The van der Waals surface area contributed by atoms with Gasteiger partial charge in [0.2, 0.25) is 0 Å². The molecule has 1 saturated carbocycles. The Morgan fingerprint density at radius 2 is 1.95 bits per heavy atom. The lowest BCUT2D eigenvalue weighted by Gasteiger charge is -2.24. The lowest BCUT2D eigenvalue weighted by molar-refractivity contribution is -0.139. The zero-order valence-corrected chi connectivity index (χ0v) is 12.7. The van der Waals surface area contributed by atoms with Gasteiger partial charge >= 0.3 is 12.0 Å². The molecular weight excluding hydrogens is 256 g/mol. The number of amides is 2. The molecule has 20 heavy (non-hydrogen) atoms. The number of hydrogen-bond donors (Lipinski definition) is 3. The molecule has 2 amide bonds. The van der Waals surface area contributed by atoms with Crippen molar-refractivity contribution in [1.29, 1.82) is 0 Å². The van der Waals surface area contributed by atoms with Gasteiger partial charge in [0.1, 0.15) is 6.04 Å². The van der Waals surface area contributed by atoms with Crippen molar-refractivity contribution >= 4 is 12.0 Å². The highest BCUT2D eigenvalue weighted by Crippen LogP contribution is 2.22. The Balaban J connectivity index is 2.45. The number of hydrogen-bond acceptors (Lipinski definition) is 2. The zero-order chi connectivity index (χ0) is 15.0. The molecule has 0 bridgehead atoms. The number of urea groups is 1. The van der Waals surface area contributed by atoms with E-state index in [1.165, 1.54) is 12.8 Å². The second kappa shape index (κ2) is 8.82. The van der Waals surface area contributed by atoms with Crippen molar-refractivity contribution in [3.8, 4) is 0 Å². The maximum absolute atomic E-state index is 12.0. The van der Waals surface area contributed by atoms with Crippen LogP contribution in [0.15, 0.2) is 0 Å². The Morgan fingerprint density at radius 3 is 2.60 bits per heavy atom. The fourth-order valence-electron chi connectivity index (χ4n) is 2.74. The highest BCUT2D eigenvalue weighted by atomic mass is 16.4. The van der Waals surface area contributed by atoms with E-state index in [0.29, 0.717) is 12.3 Å². The van der Waals surface area contributed by atoms with E-state index in [1.807, 2.05) is 6.92 Å². The van der Waals surface area contributed by atoms with Crippen molar-refractivity contribution in [3.63, 3.8) is 0 Å². The summed E-state index contributed by atoms with van der Waals surface area (Å²) in [7, 11) is 0. The van der Waals surface area contributed by atoms with Gasteiger partial charge in [-0.25, -0.2) is 9.59 Å². The fourth-order valence-corrected chi connectivity index (χ4v) is 2.74. The van der Waals surface area contributed by atoms with E-state index in [9.17, 15) is 9.59 Å². The van der Waals surface area contributed by atoms with Crippen molar-refractivity contribution in [2.45, 2.75) is 77.3 Å². The molecule has 0 heterocycles. The van der Waals surface area contributed by atoms with Gasteiger partial charge in [-0.3, -0.25) is 0 Å². The SMILES string of the molecule is CCCCC(NC(=O)NC1CCCCCC1C)C(=O)O. The van der Waals surface area contributed by atoms with Crippen LogP contribution in [0.5, 0.6) is 0 Å². The lowest BCUT2D eigenvalue weighted by Crippen LogP contribution is -2.50. The Bertz CT molecular complexity index is 320. The first-order chi connectivity index (χ1) is 9.54. The summed E-state index contributed by atoms with van der Waals surface area (Å²) < 4.78 is 0. The van der Waals surface area contributed by atoms with Crippen LogP contribution in [0.25, 0.3) is 0 Å². The smallest absolute Gasteiger partial charge is 0.326 e. The summed E-state index contributed by atoms with van der Waals surface area (Å²) >= 11 is 0. The van der Waals surface area contributed by atoms with E-state index >= 15 is 0 Å². The van der Waals surface area contributed by atoms with Crippen LogP contribution < -0.4 is 10.6 Å². The molecule has 5 heteroatoms. The average Bonchev–Trinajstić information content (AvgIpc) is 2.59. The van der Waals surface area contributed by atoms with E-state index < -0.39 is 12.0 Å². The molecule has 0 spiro atoms. The van der Waals surface area contributed by atoms with Gasteiger partial charge in [-0.15, -0.1) is 0 Å². The second-order valence-corrected chi connectivity index (χ2v) is 5.87. The molecule has 5 nitrogen and oxygen atoms in total. The molecule has 0 aromatic rings. The molecule has 0 radical (unpaired) electrons. The van der Waals surface area contributed by atoms with Gasteiger partial charge in [-0.2, -0.15) is 0 Å². The molecule has 3 N–H and O–H groups in total. The third-order valence-electron chi connectivity index (χ3n) is 4.13. The molecule has 3 atom stereocenters. The van der Waals surface area contributed by atoms with Crippen molar-refractivity contribution in [3.05, 3.63) is 0 Å². The fraction of sp³-hybridized carbons (Fsp3) is 0.867. The normalized spacial score (nSPS) is 24.5. The highest BCUT2D eigenvalue weighted by molar-refractivity contribution is 5.82. The summed E-state index contributed by atoms with van der Waals surface area (Å²) in [6.07, 6.45) is 7.90. The molecule has 1 fully saturated rings. The molecule has 0 aromatic carbocycles. The van der Waals surface area contributed by atoms with Crippen LogP contribution in [-0.2, 0) is 4.79 Å². The van der Waals surface area contributed by atoms with Crippen LogP contribution in [0.1, 0.15) is 65.2 Å². The maximum atomic E-state index is 12.0. The average molecular weight is 284 g/mol. The monoisotopic (exact) mass is 284 g/mol. The third-order valence-corrected chi connectivity index (χ3v) is 4.13. The topological polar surface area (TPSA) is 78.4 Å². The van der Waals surface area contributed by atoms with Gasteiger partial charge in [-0.1, -0.05) is 46.0 Å². The molecule has 0 aliphatic heterocycles. The molecule has 1 aliphatic carbocycles. The molecule has 1 rings (SSSR count). The van der Waals surface area contributed by atoms with Gasteiger partial charge in [0, 0.05) is 6.04 Å². The first-order valence-electron chi connectivity index (χ1n) is 7.84. The largest absolute Gasteiger partial charge is 0.480 e. The third kappa shape index (κ3) is 5.80. The predicted molar refractivity (Wildman–Crippen MR) is 78.7 cm³/mol. The minimum atomic E-state index is -0.956. The predicted octanol–water partition coefficient (Wildman–Crippen LogP) is 2.90. The Hall–Kier alpha value is -1.26. The van der Waals surface area contributed by atoms with Crippen molar-refractivity contribution in [2.24, 2.45) is 5.92 Å². The number of carboxylic acid groups (broad SMARTS) is 1. The summed E-state index contributed by atoms with van der Waals surface area (Å²) in [5.74, 6) is -0.496. The lowest BCUT2D eigenvalue weighted by atomic mass is 9.97. The van der Waals surface area contributed by atoms with E-state index in [0.717, 1.165) is 32.1 Å². The Labute approximate surface area is 121 Å². The molecular formula is C15H28N2O3. The van der Waals surface area contributed by atoms with Gasteiger partial charge in [0.25, 0.3) is 0 Å². The summed E-state index contributed by atoms with van der Waals surface area (Å²) in [4.78, 5) is 23.1. The van der Waals surface area contributed by atoms with E-state index in [-0.39, 0.29) is 12.1 Å². The minimum Gasteiger partial charge on any atom is -0.480 e. The number of carboxylic acids is 1. The Kier molecular flexibility index (Phi) is 7.41. The summed E-state index contributed by atoms with van der Waals surface area (Å²) in [6.45, 7) is 4.16. The number of rotatable bonds is 6. The van der Waals surface area contributed by atoms with Gasteiger partial charge < -0.3 is 15.7 Å². The van der Waals surface area contributed by atoms with Crippen LogP contribution in [0.2, 0.25) is 0 Å². The number of nitrogens with one attached hydrogen (secondary N) is 2. The van der Waals surface area contributed by atoms with Gasteiger partial charge in [-0.05, 0) is 25.2 Å². The quantitative estimate of drug-likeness (QED) is 0.656. The maximum Gasteiger partial charge on any atom is 0.326 e. The van der Waals surface area contributed by atoms with Crippen LogP contribution in [0, 0.1) is 5.92 Å². The van der Waals surface area contributed by atoms with Crippen LogP contribution in [-0.4, -0.2) is 29.2 Å². The molecule has 0 aromatic heterocycles. The standard InChI is InChI=1S/C15H28N2O3/c1-3-4-9-13(14(18)19)17-15(20)16-12-10-7-5-6-8-11(12)2/h11-13H,3-10H2,1-2H3,(H,18,19)(H2,16,17,20). The highest BCUT2D eigenvalue weighted by Gasteiger charge is 2.24. The van der Waals surface area contributed by atoms with Crippen LogP contribution in [0.3, 0.4) is 0 Å². The van der Waals surface area contributed by atoms with E-state index in [2.05, 4.69) is 17.6 Å². The van der Waals surface area contributed by atoms with Crippen LogP contribution in [0.4, 0.5) is 4.79 Å². The summed E-state index contributed by atoms with van der Waals surface area (Å²) in [5.41, 5.74) is 0. The minimum absolute atomic E-state index is 0.165. The zero-order valence-electron chi connectivity index (χ0n) is 12.7. The molecule has 116 valence electrons. The van der Waals surface area contributed by atoms with Crippen molar-refractivity contribution in [1.82, 2.24) is 10.6 Å². The van der Waals surface area contributed by atoms with Gasteiger partial charge in [0.15, 0.2) is 0 Å². The molecule has 3 unspecified atom stereocenters. The number of carbonyl (C=O) groups excluding carboxylic acids is 1. The first-order valence-corrected chi connectivity index (χ1v) is 7.84. The summed E-state index contributed by atoms with van der Waals surface area (Å²) in [6, 6.07) is -0.957. The number of aliphatic carboxylic acids is 1. The Morgan fingerprint density at radius 1 is 1.25 bits per heavy atom. The molecule has 1 aliphatic rings. The molecule has 0 saturated heterocycles. The van der Waals surface area contributed by atoms with Gasteiger partial charge in [0.05, 0.1) is 0 Å². The van der Waals surface area contributed by atoms with Crippen molar-refractivity contribution < 1.29 is 14.7 Å². The number of unbranched alkanes of at least 4 members (excludes halogenated alkanes) is 1. The van der Waals surface area contributed by atoms with Crippen molar-refractivity contribution in [2.75, 3.05) is 0 Å². The second-order valence-electron chi connectivity index (χ2n) is 5.87. The van der Waals surface area contributed by atoms with E-state index in [1.54, 1.807) is 0 Å². The van der Waals surface area contributed by atoms with E-state index in [4.69, 9.17) is 5.11 Å². The van der Waals surface area contributed by atoms with Crippen LogP contribution >= 0.6 is 0 Å². The number of carbonyl (C=O) groups is 2. The first kappa shape index (κ1) is 16.8.